The fourth-order valence-electron chi connectivity index (χ4n) is 0.946. The average molecular weight is 248 g/mol. The monoisotopic (exact) mass is 248 g/mol. The van der Waals surface area contributed by atoms with Crippen LogP contribution in [0, 0.1) is 0 Å². The molecule has 1 heterocycles. The number of carbonyl (C=O) groups excluding carboxylic acids is 2. The van der Waals surface area contributed by atoms with Gasteiger partial charge in [0, 0.05) is 4.88 Å². The molecule has 0 unspecified atom stereocenters. The van der Waals surface area contributed by atoms with E-state index in [4.69, 9.17) is 0 Å². The first-order chi connectivity index (χ1) is 7.34. The molecule has 0 aliphatic heterocycles. The van der Waals surface area contributed by atoms with Crippen LogP contribution in [0.5, 0.6) is 0 Å². The van der Waals surface area contributed by atoms with E-state index in [-0.39, 0.29) is 4.88 Å². The Morgan fingerprint density at radius 1 is 1.38 bits per heavy atom. The van der Waals surface area contributed by atoms with Gasteiger partial charge in [0.05, 0.1) is 11.3 Å². The summed E-state index contributed by atoms with van der Waals surface area (Å²) in [4.78, 5) is 22.7. The molecule has 0 bridgehead atoms. The molecule has 2 nitrogen and oxygen atoms in total. The second-order valence-corrected chi connectivity index (χ2v) is 4.04. The van der Waals surface area contributed by atoms with Gasteiger partial charge >= 0.3 is 6.18 Å². The lowest BCUT2D eigenvalue weighted by Crippen LogP contribution is -2.25. The Morgan fingerprint density at radius 3 is 2.44 bits per heavy atom. The number of Topliss-reactive ketones (excluding diaryl/α,β-unsaturated/α-hetero) is 2. The molecular formula is C10H7F3O2S. The molecule has 86 valence electrons. The minimum absolute atomic E-state index is 0.132. The molecule has 1 rings (SSSR count). The van der Waals surface area contributed by atoms with Crippen LogP contribution < -0.4 is 0 Å². The Labute approximate surface area is 93.4 Å². The van der Waals surface area contributed by atoms with Crippen molar-refractivity contribution in [2.45, 2.75) is 12.6 Å². The zero-order valence-corrected chi connectivity index (χ0v) is 8.82. The molecule has 0 amide bonds. The summed E-state index contributed by atoms with van der Waals surface area (Å²) in [6.45, 7) is 3.46. The Morgan fingerprint density at radius 2 is 2.00 bits per heavy atom. The highest BCUT2D eigenvalue weighted by Gasteiger charge is 2.39. The maximum Gasteiger partial charge on any atom is 0.450 e. The van der Waals surface area contributed by atoms with Crippen molar-refractivity contribution in [1.29, 1.82) is 0 Å². The van der Waals surface area contributed by atoms with Crippen molar-refractivity contribution in [3.63, 3.8) is 0 Å². The van der Waals surface area contributed by atoms with Crippen LogP contribution in [0.1, 0.15) is 21.0 Å². The number of halogens is 3. The van der Waals surface area contributed by atoms with Gasteiger partial charge in [-0.3, -0.25) is 9.59 Å². The van der Waals surface area contributed by atoms with Gasteiger partial charge in [0.15, 0.2) is 5.78 Å². The molecule has 0 aliphatic carbocycles. The molecular weight excluding hydrogens is 241 g/mol. The van der Waals surface area contributed by atoms with E-state index in [9.17, 15) is 22.8 Å². The molecule has 0 aromatic carbocycles. The highest BCUT2D eigenvalue weighted by atomic mass is 32.1. The first kappa shape index (κ1) is 12.6. The van der Waals surface area contributed by atoms with Crippen molar-refractivity contribution in [3.05, 3.63) is 28.5 Å². The third-order valence-corrected chi connectivity index (χ3v) is 2.86. The van der Waals surface area contributed by atoms with E-state index in [0.29, 0.717) is 4.88 Å². The zero-order chi connectivity index (χ0) is 12.3. The summed E-state index contributed by atoms with van der Waals surface area (Å²) >= 11 is 1.01. The van der Waals surface area contributed by atoms with Gasteiger partial charge in [-0.25, -0.2) is 0 Å². The number of carbonyl (C=O) groups is 2. The SMILES string of the molecule is C=Cc1ccc(C(=O)CC(=O)C(F)(F)F)s1. The molecule has 0 atom stereocenters. The third-order valence-electron chi connectivity index (χ3n) is 1.74. The number of hydrogen-bond acceptors (Lipinski definition) is 3. The fourth-order valence-corrected chi connectivity index (χ4v) is 1.74. The minimum Gasteiger partial charge on any atom is -0.293 e. The average Bonchev–Trinajstić information content (AvgIpc) is 2.64. The van der Waals surface area contributed by atoms with E-state index >= 15 is 0 Å². The van der Waals surface area contributed by atoms with Crippen LogP contribution in [0.2, 0.25) is 0 Å². The summed E-state index contributed by atoms with van der Waals surface area (Å²) in [6.07, 6.45) is -4.61. The molecule has 1 aromatic heterocycles. The molecule has 1 aromatic rings. The van der Waals surface area contributed by atoms with Gasteiger partial charge in [-0.2, -0.15) is 13.2 Å². The number of thiophene rings is 1. The number of rotatable bonds is 4. The second kappa shape index (κ2) is 4.61. The Balaban J connectivity index is 2.73. The van der Waals surface area contributed by atoms with Gasteiger partial charge in [-0.15, -0.1) is 11.3 Å². The largest absolute Gasteiger partial charge is 0.450 e. The van der Waals surface area contributed by atoms with Crippen LogP contribution >= 0.6 is 11.3 Å². The van der Waals surface area contributed by atoms with Crippen molar-refractivity contribution in [1.82, 2.24) is 0 Å². The Hall–Kier alpha value is -1.43. The van der Waals surface area contributed by atoms with Crippen molar-refractivity contribution >= 4 is 29.0 Å². The third kappa shape index (κ3) is 3.03. The normalized spacial score (nSPS) is 11.2. The van der Waals surface area contributed by atoms with E-state index in [1.807, 2.05) is 0 Å². The highest BCUT2D eigenvalue weighted by molar-refractivity contribution is 7.14. The highest BCUT2D eigenvalue weighted by Crippen LogP contribution is 2.22. The number of alkyl halides is 3. The van der Waals surface area contributed by atoms with Crippen LogP contribution in [0.15, 0.2) is 18.7 Å². The molecule has 0 spiro atoms. The van der Waals surface area contributed by atoms with E-state index in [0.717, 1.165) is 11.3 Å². The molecule has 0 aliphatic rings. The summed E-state index contributed by atoms with van der Waals surface area (Å²) in [6, 6.07) is 2.94. The Kier molecular flexibility index (Phi) is 3.64. The zero-order valence-electron chi connectivity index (χ0n) is 8.00. The van der Waals surface area contributed by atoms with Crippen molar-refractivity contribution in [3.8, 4) is 0 Å². The predicted molar refractivity (Wildman–Crippen MR) is 54.4 cm³/mol. The van der Waals surface area contributed by atoms with Crippen molar-refractivity contribution in [2.24, 2.45) is 0 Å². The van der Waals surface area contributed by atoms with E-state index in [1.54, 1.807) is 6.07 Å². The van der Waals surface area contributed by atoms with Crippen LogP contribution in [0.4, 0.5) is 13.2 Å². The summed E-state index contributed by atoms with van der Waals surface area (Å²) in [7, 11) is 0. The first-order valence-electron chi connectivity index (χ1n) is 4.20. The van der Waals surface area contributed by atoms with E-state index in [2.05, 4.69) is 6.58 Å². The molecule has 0 radical (unpaired) electrons. The molecule has 0 saturated carbocycles. The standard InChI is InChI=1S/C10H7F3O2S/c1-2-6-3-4-8(16-6)7(14)5-9(15)10(11,12)13/h2-4H,1,5H2. The van der Waals surface area contributed by atoms with E-state index < -0.39 is 24.2 Å². The molecule has 0 saturated heterocycles. The fraction of sp³-hybridized carbons (Fsp3) is 0.200. The summed E-state index contributed by atoms with van der Waals surface area (Å²) in [5.41, 5.74) is 0. The van der Waals surface area contributed by atoms with Gasteiger partial charge in [-0.1, -0.05) is 12.7 Å². The topological polar surface area (TPSA) is 34.1 Å². The van der Waals surface area contributed by atoms with E-state index in [1.165, 1.54) is 12.1 Å². The molecule has 6 heteroatoms. The van der Waals surface area contributed by atoms with Gasteiger partial charge in [0.2, 0.25) is 5.78 Å². The summed E-state index contributed by atoms with van der Waals surface area (Å²) in [5, 5.41) is 0. The van der Waals surface area contributed by atoms with Gasteiger partial charge in [-0.05, 0) is 12.1 Å². The van der Waals surface area contributed by atoms with Crippen LogP contribution in [-0.2, 0) is 4.79 Å². The summed E-state index contributed by atoms with van der Waals surface area (Å²) in [5.74, 6) is -2.84. The lowest BCUT2D eigenvalue weighted by Gasteiger charge is -2.02. The molecule has 0 fully saturated rings. The number of ketones is 2. The van der Waals surface area contributed by atoms with Crippen LogP contribution in [-0.4, -0.2) is 17.7 Å². The smallest absolute Gasteiger partial charge is 0.293 e. The lowest BCUT2D eigenvalue weighted by molar-refractivity contribution is -0.170. The summed E-state index contributed by atoms with van der Waals surface area (Å²) < 4.78 is 35.6. The van der Waals surface area contributed by atoms with Crippen LogP contribution in [0.25, 0.3) is 6.08 Å². The minimum atomic E-state index is -4.95. The number of hydrogen-bond donors (Lipinski definition) is 0. The van der Waals surface area contributed by atoms with Crippen molar-refractivity contribution < 1.29 is 22.8 Å². The molecule has 16 heavy (non-hydrogen) atoms. The second-order valence-electron chi connectivity index (χ2n) is 2.93. The quantitative estimate of drug-likeness (QED) is 0.606. The predicted octanol–water partition coefficient (Wildman–Crippen LogP) is 3.10. The lowest BCUT2D eigenvalue weighted by atomic mass is 10.2. The van der Waals surface area contributed by atoms with Gasteiger partial charge in [0.25, 0.3) is 0 Å². The first-order valence-corrected chi connectivity index (χ1v) is 5.01. The maximum absolute atomic E-state index is 11.9. The van der Waals surface area contributed by atoms with Gasteiger partial charge in [0.1, 0.15) is 0 Å². The van der Waals surface area contributed by atoms with Crippen molar-refractivity contribution in [2.75, 3.05) is 0 Å². The maximum atomic E-state index is 11.9. The van der Waals surface area contributed by atoms with Crippen LogP contribution in [0.3, 0.4) is 0 Å². The molecule has 0 N–H and O–H groups in total. The Bertz CT molecular complexity index is 432. The van der Waals surface area contributed by atoms with Gasteiger partial charge < -0.3 is 0 Å².